The fourth-order valence-corrected chi connectivity index (χ4v) is 3.31. The van der Waals surface area contributed by atoms with Gasteiger partial charge in [-0.2, -0.15) is 0 Å². The van der Waals surface area contributed by atoms with Gasteiger partial charge in [0.15, 0.2) is 17.1 Å². The van der Waals surface area contributed by atoms with Crippen molar-refractivity contribution < 1.29 is 32.7 Å². The molecule has 1 aliphatic rings. The van der Waals surface area contributed by atoms with E-state index in [1.54, 1.807) is 13.0 Å². The van der Waals surface area contributed by atoms with E-state index in [1.165, 1.54) is 19.2 Å². The second-order valence-corrected chi connectivity index (χ2v) is 6.51. The second-order valence-electron chi connectivity index (χ2n) is 5.24. The molecule has 1 heterocycles. The molecule has 138 valence electrons. The topological polar surface area (TPSA) is 102 Å². The third kappa shape index (κ3) is 4.77. The molecule has 0 radical (unpaired) electrons. The van der Waals surface area contributed by atoms with E-state index in [0.29, 0.717) is 11.1 Å². The molecule has 1 saturated heterocycles. The normalized spacial score (nSPS) is 21.8. The summed E-state index contributed by atoms with van der Waals surface area (Å²) >= 11 is 3.87. The van der Waals surface area contributed by atoms with Crippen LogP contribution >= 0.6 is 11.8 Å². The Labute approximate surface area is 152 Å². The van der Waals surface area contributed by atoms with Crippen LogP contribution in [0.1, 0.15) is 40.9 Å². The molecule has 3 atom stereocenters. The zero-order valence-corrected chi connectivity index (χ0v) is 15.2. The van der Waals surface area contributed by atoms with Crippen molar-refractivity contribution >= 4 is 34.8 Å². The number of hydrogen-bond acceptors (Lipinski definition) is 7. The van der Waals surface area contributed by atoms with Gasteiger partial charge in [-0.05, 0) is 30.2 Å². The lowest BCUT2D eigenvalue weighted by molar-refractivity contribution is -0.156. The number of carbonyl (C=O) groups excluding carboxylic acids is 2. The first-order valence-corrected chi connectivity index (χ1v) is 9.05. The van der Waals surface area contributed by atoms with Gasteiger partial charge in [0.2, 0.25) is 0 Å². The lowest BCUT2D eigenvalue weighted by atomic mass is 9.97. The monoisotopic (exact) mass is 391 g/mol. The summed E-state index contributed by atoms with van der Waals surface area (Å²) < 4.78 is 30.9. The van der Waals surface area contributed by atoms with E-state index in [0.717, 1.165) is 4.58 Å². The molecule has 1 aromatic rings. The zero-order chi connectivity index (χ0) is 18.6. The summed E-state index contributed by atoms with van der Waals surface area (Å²) in [4.78, 5) is 29.2. The smallest absolute Gasteiger partial charge is 0.337 e. The summed E-state index contributed by atoms with van der Waals surface area (Å²) in [6.45, 7) is 1.88. The highest BCUT2D eigenvalue weighted by atomic mass is 35.5. The lowest BCUT2D eigenvalue weighted by Crippen LogP contribution is -2.30. The Hall–Kier alpha value is -1.52. The van der Waals surface area contributed by atoms with Crippen molar-refractivity contribution in [1.29, 1.82) is 0 Å². The SMILES string of the molecule is CCOC(=O)C1CC(c2cc(C(=O)OC)ccc2CS(=O)O)ON1Cl. The predicted octanol–water partition coefficient (Wildman–Crippen LogP) is 1.96. The molecule has 3 unspecified atom stereocenters. The molecule has 25 heavy (non-hydrogen) atoms. The van der Waals surface area contributed by atoms with Crippen LogP contribution in [0, 0.1) is 0 Å². The molecule has 0 aliphatic carbocycles. The summed E-state index contributed by atoms with van der Waals surface area (Å²) in [7, 11) is 1.25. The fraction of sp³-hybridized carbons (Fsp3) is 0.467. The van der Waals surface area contributed by atoms with Crippen molar-refractivity contribution in [3.63, 3.8) is 0 Å². The molecule has 0 amide bonds. The van der Waals surface area contributed by atoms with Crippen molar-refractivity contribution in [3.05, 3.63) is 34.9 Å². The second kappa shape index (κ2) is 8.72. The molecule has 0 saturated carbocycles. The third-order valence-electron chi connectivity index (χ3n) is 3.66. The third-order valence-corrected chi connectivity index (χ3v) is 4.54. The number of esters is 2. The van der Waals surface area contributed by atoms with Crippen LogP contribution < -0.4 is 0 Å². The molecule has 8 nitrogen and oxygen atoms in total. The van der Waals surface area contributed by atoms with Crippen LogP contribution in [0.25, 0.3) is 0 Å². The van der Waals surface area contributed by atoms with E-state index >= 15 is 0 Å². The van der Waals surface area contributed by atoms with Gasteiger partial charge in [-0.3, -0.25) is 9.63 Å². The van der Waals surface area contributed by atoms with Crippen LogP contribution in [0.5, 0.6) is 0 Å². The Morgan fingerprint density at radius 2 is 2.20 bits per heavy atom. The van der Waals surface area contributed by atoms with Crippen molar-refractivity contribution in [1.82, 2.24) is 4.58 Å². The van der Waals surface area contributed by atoms with E-state index in [-0.39, 0.29) is 24.3 Å². The molecule has 10 heteroatoms. The molecular formula is C15H18ClNO7S. The number of ether oxygens (including phenoxy) is 2. The van der Waals surface area contributed by atoms with Gasteiger partial charge in [-0.25, -0.2) is 9.00 Å². The van der Waals surface area contributed by atoms with Gasteiger partial charge in [-0.15, -0.1) is 0 Å². The largest absolute Gasteiger partial charge is 0.465 e. The first-order chi connectivity index (χ1) is 11.9. The highest BCUT2D eigenvalue weighted by Crippen LogP contribution is 2.37. The average Bonchev–Trinajstić information content (AvgIpc) is 2.96. The van der Waals surface area contributed by atoms with Gasteiger partial charge in [0, 0.05) is 18.2 Å². The van der Waals surface area contributed by atoms with Crippen molar-refractivity contribution in [2.24, 2.45) is 0 Å². The number of methoxy groups -OCH3 is 1. The lowest BCUT2D eigenvalue weighted by Gasteiger charge is -2.15. The average molecular weight is 392 g/mol. The van der Waals surface area contributed by atoms with Crippen molar-refractivity contribution in [2.75, 3.05) is 13.7 Å². The van der Waals surface area contributed by atoms with Gasteiger partial charge in [0.05, 0.1) is 25.0 Å². The van der Waals surface area contributed by atoms with Gasteiger partial charge in [0.25, 0.3) is 0 Å². The van der Waals surface area contributed by atoms with E-state index in [1.807, 2.05) is 0 Å². The van der Waals surface area contributed by atoms with Crippen LogP contribution in [-0.2, 0) is 35.9 Å². The first kappa shape index (κ1) is 19.8. The van der Waals surface area contributed by atoms with Crippen molar-refractivity contribution in [2.45, 2.75) is 31.2 Å². The number of carbonyl (C=O) groups is 2. The van der Waals surface area contributed by atoms with Gasteiger partial charge >= 0.3 is 11.9 Å². The van der Waals surface area contributed by atoms with Crippen LogP contribution in [0.3, 0.4) is 0 Å². The Balaban J connectivity index is 2.33. The Bertz CT molecular complexity index is 684. The van der Waals surface area contributed by atoms with Gasteiger partial charge < -0.3 is 14.0 Å². The molecule has 1 aliphatic heterocycles. The summed E-state index contributed by atoms with van der Waals surface area (Å²) in [5, 5.41) is 0. The number of hydrogen-bond donors (Lipinski definition) is 1. The Kier molecular flexibility index (Phi) is 6.91. The number of halogens is 1. The minimum Gasteiger partial charge on any atom is -0.465 e. The number of hydroxylamine groups is 1. The maximum absolute atomic E-state index is 11.9. The number of benzene rings is 1. The van der Waals surface area contributed by atoms with Gasteiger partial charge in [-0.1, -0.05) is 10.6 Å². The molecular weight excluding hydrogens is 374 g/mol. The Morgan fingerprint density at radius 1 is 1.48 bits per heavy atom. The number of rotatable bonds is 6. The molecule has 1 aromatic carbocycles. The standard InChI is InChI=1S/C15H18ClNO7S/c1-3-23-15(19)12-7-13(24-17(12)16)11-6-9(14(18)22-2)4-5-10(11)8-25(20)21/h4-6,12-13H,3,7-8H2,1-2H3,(H,20,21). The molecule has 1 fully saturated rings. The maximum Gasteiger partial charge on any atom is 0.337 e. The minimum absolute atomic E-state index is 0.150. The molecule has 0 bridgehead atoms. The van der Waals surface area contributed by atoms with Crippen LogP contribution in [-0.4, -0.2) is 45.0 Å². The zero-order valence-electron chi connectivity index (χ0n) is 13.6. The minimum atomic E-state index is -2.09. The van der Waals surface area contributed by atoms with Crippen molar-refractivity contribution in [3.8, 4) is 0 Å². The number of nitrogens with zero attached hydrogens (tertiary/aromatic N) is 1. The molecule has 0 aromatic heterocycles. The first-order valence-electron chi connectivity index (χ1n) is 7.44. The van der Waals surface area contributed by atoms with E-state index < -0.39 is 35.2 Å². The highest BCUT2D eigenvalue weighted by Gasteiger charge is 2.40. The van der Waals surface area contributed by atoms with E-state index in [2.05, 4.69) is 4.74 Å². The summed E-state index contributed by atoms with van der Waals surface area (Å²) in [5.41, 5.74) is 1.25. The van der Waals surface area contributed by atoms with Gasteiger partial charge in [0.1, 0.15) is 6.10 Å². The summed E-state index contributed by atoms with van der Waals surface area (Å²) in [5.74, 6) is -1.24. The predicted molar refractivity (Wildman–Crippen MR) is 88.8 cm³/mol. The highest BCUT2D eigenvalue weighted by molar-refractivity contribution is 7.78. The van der Waals surface area contributed by atoms with E-state index in [9.17, 15) is 18.4 Å². The van der Waals surface area contributed by atoms with Crippen LogP contribution in [0.4, 0.5) is 0 Å². The summed E-state index contributed by atoms with van der Waals surface area (Å²) in [6, 6.07) is 3.74. The molecule has 0 spiro atoms. The van der Waals surface area contributed by atoms with E-state index in [4.69, 9.17) is 21.4 Å². The fourth-order valence-electron chi connectivity index (χ4n) is 2.53. The maximum atomic E-state index is 11.9. The Morgan fingerprint density at radius 3 is 2.80 bits per heavy atom. The quantitative estimate of drug-likeness (QED) is 0.446. The van der Waals surface area contributed by atoms with Crippen LogP contribution in [0.15, 0.2) is 18.2 Å². The van der Waals surface area contributed by atoms with Crippen LogP contribution in [0.2, 0.25) is 0 Å². The molecule has 2 rings (SSSR count). The molecule has 1 N–H and O–H groups in total. The summed E-state index contributed by atoms with van der Waals surface area (Å²) in [6.07, 6.45) is -0.493.